The van der Waals surface area contributed by atoms with Crippen LogP contribution >= 0.6 is 0 Å². The number of hydrogen-bond acceptors (Lipinski definition) is 3. The molecule has 0 saturated carbocycles. The lowest BCUT2D eigenvalue weighted by molar-refractivity contribution is -0.122. The maximum atomic E-state index is 12.4. The molecule has 2 aromatic rings. The van der Waals surface area contributed by atoms with E-state index >= 15 is 0 Å². The molecule has 0 radical (unpaired) electrons. The van der Waals surface area contributed by atoms with Gasteiger partial charge in [0.1, 0.15) is 5.75 Å². The third-order valence-electron chi connectivity index (χ3n) is 3.89. The molecular formula is C19H22N2O3. The van der Waals surface area contributed by atoms with Crippen molar-refractivity contribution in [2.75, 3.05) is 5.32 Å². The quantitative estimate of drug-likeness (QED) is 0.886. The molecule has 0 bridgehead atoms. The third-order valence-corrected chi connectivity index (χ3v) is 3.89. The summed E-state index contributed by atoms with van der Waals surface area (Å²) in [5.74, 6) is -0.259. The SMILES string of the molecule is Cc1cc(C)c(C)c(OC(C)C(=O)Nc2ccccc2C(N)=O)c1. The minimum atomic E-state index is -0.717. The molecule has 2 aromatic carbocycles. The zero-order valence-electron chi connectivity index (χ0n) is 14.3. The zero-order valence-corrected chi connectivity index (χ0v) is 14.3. The van der Waals surface area contributed by atoms with E-state index in [1.54, 1.807) is 31.2 Å². The number of carbonyl (C=O) groups is 2. The van der Waals surface area contributed by atoms with Crippen molar-refractivity contribution in [1.82, 2.24) is 0 Å². The predicted octanol–water partition coefficient (Wildman–Crippen LogP) is 3.12. The summed E-state index contributed by atoms with van der Waals surface area (Å²) in [6.45, 7) is 7.60. The first-order chi connectivity index (χ1) is 11.3. The van der Waals surface area contributed by atoms with Gasteiger partial charge in [-0.1, -0.05) is 18.2 Å². The number of para-hydroxylation sites is 1. The Morgan fingerprint density at radius 1 is 1.12 bits per heavy atom. The Hall–Kier alpha value is -2.82. The molecule has 5 nitrogen and oxygen atoms in total. The molecule has 24 heavy (non-hydrogen) atoms. The minimum absolute atomic E-state index is 0.264. The number of primary amides is 1. The van der Waals surface area contributed by atoms with Gasteiger partial charge in [0.15, 0.2) is 6.10 Å². The van der Waals surface area contributed by atoms with Crippen LogP contribution < -0.4 is 15.8 Å². The number of nitrogens with two attached hydrogens (primary N) is 1. The molecule has 2 amide bonds. The fraction of sp³-hybridized carbons (Fsp3) is 0.263. The van der Waals surface area contributed by atoms with Crippen molar-refractivity contribution < 1.29 is 14.3 Å². The molecule has 1 atom stereocenters. The first-order valence-corrected chi connectivity index (χ1v) is 7.73. The summed E-state index contributed by atoms with van der Waals surface area (Å²) in [5.41, 5.74) is 9.14. The average Bonchev–Trinajstić information content (AvgIpc) is 2.52. The molecule has 0 fully saturated rings. The number of amides is 2. The molecule has 0 saturated heterocycles. The Morgan fingerprint density at radius 3 is 2.46 bits per heavy atom. The number of aryl methyl sites for hydroxylation is 2. The maximum Gasteiger partial charge on any atom is 0.265 e. The Balaban J connectivity index is 2.15. The van der Waals surface area contributed by atoms with E-state index in [0.717, 1.165) is 16.7 Å². The van der Waals surface area contributed by atoms with Crippen LogP contribution in [0, 0.1) is 20.8 Å². The topological polar surface area (TPSA) is 81.4 Å². The van der Waals surface area contributed by atoms with Crippen molar-refractivity contribution in [3.05, 3.63) is 58.7 Å². The highest BCUT2D eigenvalue weighted by Gasteiger charge is 2.18. The van der Waals surface area contributed by atoms with Gasteiger partial charge in [0.05, 0.1) is 11.3 Å². The van der Waals surface area contributed by atoms with Crippen LogP contribution in [0.15, 0.2) is 36.4 Å². The second-order valence-corrected chi connectivity index (χ2v) is 5.86. The highest BCUT2D eigenvalue weighted by Crippen LogP contribution is 2.24. The summed E-state index contributed by atoms with van der Waals surface area (Å²) in [6, 6.07) is 10.6. The van der Waals surface area contributed by atoms with Crippen molar-refractivity contribution >= 4 is 17.5 Å². The number of nitrogens with one attached hydrogen (secondary N) is 1. The highest BCUT2D eigenvalue weighted by molar-refractivity contribution is 6.03. The summed E-state index contributed by atoms with van der Waals surface area (Å²) in [7, 11) is 0. The first-order valence-electron chi connectivity index (χ1n) is 7.73. The Morgan fingerprint density at radius 2 is 1.79 bits per heavy atom. The Labute approximate surface area is 141 Å². The van der Waals surface area contributed by atoms with Crippen LogP contribution in [0.3, 0.4) is 0 Å². The van der Waals surface area contributed by atoms with E-state index in [-0.39, 0.29) is 11.5 Å². The van der Waals surface area contributed by atoms with E-state index in [0.29, 0.717) is 11.4 Å². The largest absolute Gasteiger partial charge is 0.481 e. The molecule has 1 unspecified atom stereocenters. The van der Waals surface area contributed by atoms with Crippen molar-refractivity contribution in [3.63, 3.8) is 0 Å². The lowest BCUT2D eigenvalue weighted by Crippen LogP contribution is -2.31. The summed E-state index contributed by atoms with van der Waals surface area (Å²) < 4.78 is 5.81. The monoisotopic (exact) mass is 326 g/mol. The van der Waals surface area contributed by atoms with Gasteiger partial charge in [-0.3, -0.25) is 9.59 Å². The van der Waals surface area contributed by atoms with Crippen LogP contribution in [-0.4, -0.2) is 17.9 Å². The summed E-state index contributed by atoms with van der Waals surface area (Å²) in [5, 5.41) is 2.70. The number of carbonyl (C=O) groups excluding carboxylic acids is 2. The van der Waals surface area contributed by atoms with E-state index in [4.69, 9.17) is 10.5 Å². The van der Waals surface area contributed by atoms with Crippen LogP contribution in [0.25, 0.3) is 0 Å². The molecule has 2 rings (SSSR count). The normalized spacial score (nSPS) is 11.7. The van der Waals surface area contributed by atoms with Gasteiger partial charge in [0.25, 0.3) is 11.8 Å². The van der Waals surface area contributed by atoms with Gasteiger partial charge in [-0.25, -0.2) is 0 Å². The minimum Gasteiger partial charge on any atom is -0.481 e. The number of hydrogen-bond donors (Lipinski definition) is 2. The van der Waals surface area contributed by atoms with E-state index in [2.05, 4.69) is 11.4 Å². The van der Waals surface area contributed by atoms with Gasteiger partial charge in [-0.05, 0) is 62.6 Å². The van der Waals surface area contributed by atoms with E-state index < -0.39 is 12.0 Å². The summed E-state index contributed by atoms with van der Waals surface area (Å²) in [4.78, 5) is 23.8. The van der Waals surface area contributed by atoms with Gasteiger partial charge in [-0.2, -0.15) is 0 Å². The van der Waals surface area contributed by atoms with E-state index in [1.165, 1.54) is 0 Å². The van der Waals surface area contributed by atoms with Crippen LogP contribution in [0.5, 0.6) is 5.75 Å². The Kier molecular flexibility index (Phi) is 5.24. The van der Waals surface area contributed by atoms with Crippen LogP contribution in [0.1, 0.15) is 34.0 Å². The van der Waals surface area contributed by atoms with Crippen molar-refractivity contribution in [2.45, 2.75) is 33.8 Å². The second kappa shape index (κ2) is 7.17. The van der Waals surface area contributed by atoms with E-state index in [9.17, 15) is 9.59 Å². The summed E-state index contributed by atoms with van der Waals surface area (Å²) in [6.07, 6.45) is -0.717. The number of ether oxygens (including phenoxy) is 1. The standard InChI is InChI=1S/C19H22N2O3/c1-11-9-12(2)13(3)17(10-11)24-14(4)19(23)21-16-8-6-5-7-15(16)18(20)22/h5-10,14H,1-4H3,(H2,20,22)(H,21,23). The number of benzene rings is 2. The maximum absolute atomic E-state index is 12.4. The second-order valence-electron chi connectivity index (χ2n) is 5.86. The zero-order chi connectivity index (χ0) is 17.9. The number of rotatable bonds is 5. The van der Waals surface area contributed by atoms with Gasteiger partial charge < -0.3 is 15.8 Å². The third kappa shape index (κ3) is 3.93. The number of anilines is 1. The Bertz CT molecular complexity index is 784. The van der Waals surface area contributed by atoms with E-state index in [1.807, 2.05) is 26.8 Å². The molecule has 0 heterocycles. The lowest BCUT2D eigenvalue weighted by atomic mass is 10.1. The molecule has 0 aliphatic heterocycles. The molecular weight excluding hydrogens is 304 g/mol. The van der Waals surface area contributed by atoms with Crippen LogP contribution in [0.4, 0.5) is 5.69 Å². The van der Waals surface area contributed by atoms with Crippen molar-refractivity contribution in [1.29, 1.82) is 0 Å². The van der Waals surface area contributed by atoms with Crippen LogP contribution in [0.2, 0.25) is 0 Å². The molecule has 0 aromatic heterocycles. The van der Waals surface area contributed by atoms with Gasteiger partial charge in [0.2, 0.25) is 0 Å². The van der Waals surface area contributed by atoms with Gasteiger partial charge in [0, 0.05) is 0 Å². The smallest absolute Gasteiger partial charge is 0.265 e. The summed E-state index contributed by atoms with van der Waals surface area (Å²) >= 11 is 0. The molecule has 5 heteroatoms. The fourth-order valence-corrected chi connectivity index (χ4v) is 2.41. The predicted molar refractivity (Wildman–Crippen MR) is 94.3 cm³/mol. The van der Waals surface area contributed by atoms with Crippen molar-refractivity contribution in [3.8, 4) is 5.75 Å². The first kappa shape index (κ1) is 17.5. The van der Waals surface area contributed by atoms with Crippen molar-refractivity contribution in [2.24, 2.45) is 5.73 Å². The molecule has 126 valence electrons. The van der Waals surface area contributed by atoms with Crippen LogP contribution in [-0.2, 0) is 4.79 Å². The average molecular weight is 326 g/mol. The molecule has 0 spiro atoms. The van der Waals surface area contributed by atoms with Gasteiger partial charge in [-0.15, -0.1) is 0 Å². The molecule has 3 N–H and O–H groups in total. The fourth-order valence-electron chi connectivity index (χ4n) is 2.41. The van der Waals surface area contributed by atoms with Gasteiger partial charge >= 0.3 is 0 Å². The molecule has 0 aliphatic rings. The highest BCUT2D eigenvalue weighted by atomic mass is 16.5. The molecule has 0 aliphatic carbocycles. The lowest BCUT2D eigenvalue weighted by Gasteiger charge is -2.18.